The predicted molar refractivity (Wildman–Crippen MR) is 51.9 cm³/mol. The molecule has 0 saturated carbocycles. The molecule has 4 nitrogen and oxygen atoms in total. The molecular weight excluding hydrogens is 223 g/mol. The molecule has 1 aromatic rings. The lowest BCUT2D eigenvalue weighted by Gasteiger charge is -2.02. The fraction of sp³-hybridized carbons (Fsp3) is 0.250. The topological polar surface area (TPSA) is 60.4 Å². The third kappa shape index (κ3) is 2.87. The molecule has 0 aliphatic carbocycles. The number of aryl methyl sites for hydroxylation is 1. The highest BCUT2D eigenvalue weighted by atomic mass is 32.2. The van der Waals surface area contributed by atoms with Gasteiger partial charge in [0.15, 0.2) is 8.46 Å². The first-order valence-corrected chi connectivity index (χ1v) is 6.22. The predicted octanol–water partition coefficient (Wildman–Crippen LogP) is 1.95. The third-order valence-electron chi connectivity index (χ3n) is 1.57. The standard InChI is InChI=1S/C8H9O4PS/c1-7-2-4-8(5-3-7)14(10,11)12-6-13-9/h2-5H,6H2,1H3. The fourth-order valence-corrected chi connectivity index (χ4v) is 2.20. The minimum Gasteiger partial charge on any atom is -0.272 e. The van der Waals surface area contributed by atoms with Gasteiger partial charge in [-0.15, -0.1) is 0 Å². The van der Waals surface area contributed by atoms with Crippen LogP contribution in [0.25, 0.3) is 0 Å². The van der Waals surface area contributed by atoms with Crippen molar-refractivity contribution in [3.05, 3.63) is 29.8 Å². The minimum absolute atomic E-state index is 0.0757. The highest BCUT2D eigenvalue weighted by Gasteiger charge is 2.13. The van der Waals surface area contributed by atoms with Crippen LogP contribution in [-0.2, 0) is 18.9 Å². The summed E-state index contributed by atoms with van der Waals surface area (Å²) in [5, 5.41) is 0. The van der Waals surface area contributed by atoms with E-state index in [2.05, 4.69) is 4.18 Å². The Morgan fingerprint density at radius 1 is 1.29 bits per heavy atom. The van der Waals surface area contributed by atoms with Crippen molar-refractivity contribution in [2.45, 2.75) is 11.8 Å². The molecule has 1 aromatic carbocycles. The Bertz CT molecular complexity index is 409. The van der Waals surface area contributed by atoms with Gasteiger partial charge in [0.25, 0.3) is 10.1 Å². The Morgan fingerprint density at radius 2 is 1.86 bits per heavy atom. The molecule has 0 N–H and O–H groups in total. The van der Waals surface area contributed by atoms with Gasteiger partial charge < -0.3 is 0 Å². The van der Waals surface area contributed by atoms with E-state index < -0.39 is 10.1 Å². The van der Waals surface area contributed by atoms with Gasteiger partial charge in [0.05, 0.1) is 4.90 Å². The SMILES string of the molecule is Cc1ccc(S(=O)(=O)OCP=O)cc1. The summed E-state index contributed by atoms with van der Waals surface area (Å²) in [7, 11) is -4.10. The normalized spacial score (nSPS) is 11.8. The van der Waals surface area contributed by atoms with Crippen LogP contribution in [0, 0.1) is 6.92 Å². The van der Waals surface area contributed by atoms with E-state index in [0.29, 0.717) is 0 Å². The second-order valence-electron chi connectivity index (χ2n) is 2.64. The molecule has 1 rings (SSSR count). The van der Waals surface area contributed by atoms with Crippen LogP contribution in [0.1, 0.15) is 5.56 Å². The number of hydrogen-bond acceptors (Lipinski definition) is 4. The summed E-state index contributed by atoms with van der Waals surface area (Å²) in [4.78, 5) is 0.0757. The van der Waals surface area contributed by atoms with Crippen LogP contribution in [-0.4, -0.2) is 14.8 Å². The van der Waals surface area contributed by atoms with Gasteiger partial charge in [-0.3, -0.25) is 8.75 Å². The molecular formula is C8H9O4PS. The van der Waals surface area contributed by atoms with Crippen LogP contribution < -0.4 is 0 Å². The summed E-state index contributed by atoms with van der Waals surface area (Å²) in [6, 6.07) is 6.25. The van der Waals surface area contributed by atoms with E-state index in [1.54, 1.807) is 12.1 Å². The molecule has 0 aromatic heterocycles. The van der Waals surface area contributed by atoms with Crippen molar-refractivity contribution < 1.29 is 17.2 Å². The van der Waals surface area contributed by atoms with Gasteiger partial charge in [-0.25, -0.2) is 0 Å². The van der Waals surface area contributed by atoms with Crippen LogP contribution in [0.4, 0.5) is 0 Å². The van der Waals surface area contributed by atoms with Gasteiger partial charge in [0, 0.05) is 0 Å². The highest BCUT2D eigenvalue weighted by molar-refractivity contribution is 7.86. The van der Waals surface area contributed by atoms with Gasteiger partial charge in [-0.1, -0.05) is 17.7 Å². The van der Waals surface area contributed by atoms with E-state index in [-0.39, 0.29) is 19.7 Å². The quantitative estimate of drug-likeness (QED) is 0.588. The first kappa shape index (κ1) is 11.3. The zero-order valence-corrected chi connectivity index (χ0v) is 9.22. The summed E-state index contributed by atoms with van der Waals surface area (Å²) in [6.07, 6.45) is -0.351. The van der Waals surface area contributed by atoms with Crippen LogP contribution >= 0.6 is 8.46 Å². The second-order valence-corrected chi connectivity index (χ2v) is 4.77. The Hall–Kier alpha value is -0.770. The Labute approximate surface area is 84.2 Å². The molecule has 0 fully saturated rings. The van der Waals surface area contributed by atoms with Crippen molar-refractivity contribution in [3.8, 4) is 0 Å². The molecule has 0 aliphatic heterocycles. The van der Waals surface area contributed by atoms with Crippen LogP contribution in [0.15, 0.2) is 29.2 Å². The monoisotopic (exact) mass is 232 g/mol. The largest absolute Gasteiger partial charge is 0.297 e. The van der Waals surface area contributed by atoms with E-state index in [1.165, 1.54) is 12.1 Å². The van der Waals surface area contributed by atoms with Crippen LogP contribution in [0.3, 0.4) is 0 Å². The van der Waals surface area contributed by atoms with Crippen molar-refractivity contribution in [2.75, 3.05) is 6.35 Å². The Balaban J connectivity index is 2.93. The van der Waals surface area contributed by atoms with Gasteiger partial charge in [-0.05, 0) is 19.1 Å². The lowest BCUT2D eigenvalue weighted by Crippen LogP contribution is -2.04. The first-order chi connectivity index (χ1) is 6.56. The molecule has 76 valence electrons. The molecule has 6 heteroatoms. The maximum absolute atomic E-state index is 11.3. The van der Waals surface area contributed by atoms with Crippen LogP contribution in [0.2, 0.25) is 0 Å². The molecule has 0 bridgehead atoms. The summed E-state index contributed by atoms with van der Waals surface area (Å²) in [6.45, 7) is 1.85. The fourth-order valence-electron chi connectivity index (χ4n) is 0.864. The van der Waals surface area contributed by atoms with E-state index in [9.17, 15) is 13.0 Å². The summed E-state index contributed by atoms with van der Waals surface area (Å²) >= 11 is 0. The molecule has 0 unspecified atom stereocenters. The lowest BCUT2D eigenvalue weighted by molar-refractivity contribution is 0.374. The number of benzene rings is 1. The molecule has 0 saturated heterocycles. The first-order valence-electron chi connectivity index (χ1n) is 3.81. The smallest absolute Gasteiger partial charge is 0.272 e. The van der Waals surface area contributed by atoms with Gasteiger partial charge >= 0.3 is 0 Å². The lowest BCUT2D eigenvalue weighted by atomic mass is 10.2. The van der Waals surface area contributed by atoms with Crippen LogP contribution in [0.5, 0.6) is 0 Å². The molecule has 0 heterocycles. The number of hydrogen-bond donors (Lipinski definition) is 0. The molecule has 0 amide bonds. The van der Waals surface area contributed by atoms with Crippen molar-refractivity contribution in [2.24, 2.45) is 0 Å². The molecule has 0 atom stereocenters. The Kier molecular flexibility index (Phi) is 3.75. The van der Waals surface area contributed by atoms with E-state index >= 15 is 0 Å². The average molecular weight is 232 g/mol. The molecule has 14 heavy (non-hydrogen) atoms. The number of rotatable bonds is 4. The van der Waals surface area contributed by atoms with Crippen molar-refractivity contribution in [1.82, 2.24) is 0 Å². The maximum Gasteiger partial charge on any atom is 0.297 e. The van der Waals surface area contributed by atoms with Gasteiger partial charge in [0.1, 0.15) is 6.35 Å². The molecule has 0 aliphatic rings. The van der Waals surface area contributed by atoms with E-state index in [0.717, 1.165) is 5.56 Å². The van der Waals surface area contributed by atoms with Crippen molar-refractivity contribution in [1.29, 1.82) is 0 Å². The summed E-state index contributed by atoms with van der Waals surface area (Å²) < 4.78 is 37.2. The Morgan fingerprint density at radius 3 is 2.36 bits per heavy atom. The summed E-state index contributed by atoms with van der Waals surface area (Å²) in [5.74, 6) is 0. The average Bonchev–Trinajstić information content (AvgIpc) is 2.16. The zero-order chi connectivity index (χ0) is 10.6. The van der Waals surface area contributed by atoms with Crippen molar-refractivity contribution >= 4 is 18.6 Å². The second kappa shape index (κ2) is 4.64. The van der Waals surface area contributed by atoms with Gasteiger partial charge in [0.2, 0.25) is 0 Å². The highest BCUT2D eigenvalue weighted by Crippen LogP contribution is 2.14. The van der Waals surface area contributed by atoms with E-state index in [1.807, 2.05) is 6.92 Å². The van der Waals surface area contributed by atoms with E-state index in [4.69, 9.17) is 0 Å². The van der Waals surface area contributed by atoms with Crippen molar-refractivity contribution in [3.63, 3.8) is 0 Å². The van der Waals surface area contributed by atoms with Gasteiger partial charge in [-0.2, -0.15) is 8.42 Å². The maximum atomic E-state index is 11.3. The minimum atomic E-state index is -3.75. The third-order valence-corrected chi connectivity index (χ3v) is 3.26. The summed E-state index contributed by atoms with van der Waals surface area (Å²) in [5.41, 5.74) is 0.964. The molecule has 0 radical (unpaired) electrons. The zero-order valence-electron chi connectivity index (χ0n) is 7.50. The molecule has 0 spiro atoms.